The van der Waals surface area contributed by atoms with Crippen LogP contribution in [0.5, 0.6) is 0 Å². The van der Waals surface area contributed by atoms with Gasteiger partial charge in [-0.3, -0.25) is 9.59 Å². The first-order valence-corrected chi connectivity index (χ1v) is 11.7. The third-order valence-corrected chi connectivity index (χ3v) is 6.89. The van der Waals surface area contributed by atoms with Crippen molar-refractivity contribution in [3.8, 4) is 0 Å². The van der Waals surface area contributed by atoms with Gasteiger partial charge in [0.2, 0.25) is 10.0 Å². The maximum absolute atomic E-state index is 12.6. The molecule has 1 fully saturated rings. The quantitative estimate of drug-likeness (QED) is 0.583. The Balaban J connectivity index is 1.40. The van der Waals surface area contributed by atoms with Crippen molar-refractivity contribution in [3.63, 3.8) is 0 Å². The minimum Gasteiger partial charge on any atom is -0.379 e. The molecule has 0 bridgehead atoms. The number of carbonyl (C=O) groups is 2. The molecule has 1 heterocycles. The van der Waals surface area contributed by atoms with Gasteiger partial charge in [0.25, 0.3) is 0 Å². The molecule has 8 nitrogen and oxygen atoms in total. The van der Waals surface area contributed by atoms with Crippen molar-refractivity contribution in [2.75, 3.05) is 39.4 Å². The highest BCUT2D eigenvalue weighted by Crippen LogP contribution is 2.17. The first-order chi connectivity index (χ1) is 15.0. The van der Waals surface area contributed by atoms with Gasteiger partial charge in [0.1, 0.15) is 0 Å². The summed E-state index contributed by atoms with van der Waals surface area (Å²) in [6, 6.07) is 16.3. The lowest BCUT2D eigenvalue weighted by Gasteiger charge is -2.26. The fraction of sp³-hybridized carbons (Fsp3) is 0.364. The normalized spacial score (nSPS) is 14.7. The molecular formula is C22H27N3O5S. The maximum atomic E-state index is 12.6. The number of ether oxygens (including phenoxy) is 1. The lowest BCUT2D eigenvalue weighted by Crippen LogP contribution is -2.41. The molecule has 0 saturated carbocycles. The number of hydrogen-bond donors (Lipinski definition) is 2. The molecule has 0 spiro atoms. The van der Waals surface area contributed by atoms with E-state index in [9.17, 15) is 18.0 Å². The van der Waals surface area contributed by atoms with E-state index in [0.29, 0.717) is 45.7 Å². The number of carbonyl (C=O) groups excluding carboxylic acids is 2. The van der Waals surface area contributed by atoms with Crippen molar-refractivity contribution in [1.82, 2.24) is 14.9 Å². The lowest BCUT2D eigenvalue weighted by molar-refractivity contribution is -0.139. The molecule has 9 heteroatoms. The summed E-state index contributed by atoms with van der Waals surface area (Å²) in [5.41, 5.74) is 1.95. The van der Waals surface area contributed by atoms with Gasteiger partial charge in [0.05, 0.1) is 18.1 Å². The van der Waals surface area contributed by atoms with Crippen molar-refractivity contribution in [2.45, 2.75) is 17.7 Å². The van der Waals surface area contributed by atoms with Gasteiger partial charge in [0, 0.05) is 26.2 Å². The van der Waals surface area contributed by atoms with E-state index in [1.54, 1.807) is 24.3 Å². The Labute approximate surface area is 182 Å². The molecule has 3 rings (SSSR count). The maximum Gasteiger partial charge on any atom is 0.309 e. The number of rotatable bonds is 8. The molecule has 0 atom stereocenters. The summed E-state index contributed by atoms with van der Waals surface area (Å²) >= 11 is 0. The zero-order chi connectivity index (χ0) is 22.1. The van der Waals surface area contributed by atoms with Crippen LogP contribution in [0.15, 0.2) is 59.5 Å². The summed E-state index contributed by atoms with van der Waals surface area (Å²) in [5.74, 6) is -1.34. The molecule has 0 radical (unpaired) electrons. The SMILES string of the molecule is O=C(NCCc1ccccc1)C(=O)NCCc1ccc(S(=O)(=O)N2CCOCC2)cc1. The summed E-state index contributed by atoms with van der Waals surface area (Å²) in [6.07, 6.45) is 1.14. The van der Waals surface area contributed by atoms with Crippen molar-refractivity contribution in [1.29, 1.82) is 0 Å². The summed E-state index contributed by atoms with van der Waals surface area (Å²) in [6.45, 7) is 2.16. The highest BCUT2D eigenvalue weighted by molar-refractivity contribution is 7.89. The molecule has 166 valence electrons. The summed E-state index contributed by atoms with van der Waals surface area (Å²) in [7, 11) is -3.52. The van der Waals surface area contributed by atoms with Crippen LogP contribution < -0.4 is 10.6 Å². The second kappa shape index (κ2) is 11.0. The lowest BCUT2D eigenvalue weighted by atomic mass is 10.1. The Hall–Kier alpha value is -2.75. The van der Waals surface area contributed by atoms with Gasteiger partial charge in [0.15, 0.2) is 0 Å². The average Bonchev–Trinajstić information content (AvgIpc) is 2.80. The Morgan fingerprint density at radius 2 is 1.32 bits per heavy atom. The smallest absolute Gasteiger partial charge is 0.309 e. The predicted molar refractivity (Wildman–Crippen MR) is 116 cm³/mol. The van der Waals surface area contributed by atoms with E-state index >= 15 is 0 Å². The minimum atomic E-state index is -3.52. The van der Waals surface area contributed by atoms with E-state index in [1.165, 1.54) is 4.31 Å². The average molecular weight is 446 g/mol. The Bertz CT molecular complexity index is 972. The highest BCUT2D eigenvalue weighted by atomic mass is 32.2. The number of hydrogen-bond acceptors (Lipinski definition) is 5. The number of sulfonamides is 1. The van der Waals surface area contributed by atoms with E-state index in [4.69, 9.17) is 4.74 Å². The van der Waals surface area contributed by atoms with Crippen LogP contribution in [-0.4, -0.2) is 63.9 Å². The van der Waals surface area contributed by atoms with Gasteiger partial charge in [-0.1, -0.05) is 42.5 Å². The molecule has 2 aromatic rings. The van der Waals surface area contributed by atoms with E-state index < -0.39 is 21.8 Å². The zero-order valence-corrected chi connectivity index (χ0v) is 18.1. The fourth-order valence-corrected chi connectivity index (χ4v) is 4.62. The Morgan fingerprint density at radius 3 is 1.87 bits per heavy atom. The zero-order valence-electron chi connectivity index (χ0n) is 17.2. The van der Waals surface area contributed by atoms with Crippen molar-refractivity contribution in [2.24, 2.45) is 0 Å². The van der Waals surface area contributed by atoms with Crippen molar-refractivity contribution < 1.29 is 22.7 Å². The topological polar surface area (TPSA) is 105 Å². The van der Waals surface area contributed by atoms with Gasteiger partial charge in [-0.25, -0.2) is 8.42 Å². The number of benzene rings is 2. The van der Waals surface area contributed by atoms with Crippen molar-refractivity contribution >= 4 is 21.8 Å². The molecule has 1 aliphatic rings. The van der Waals surface area contributed by atoms with Crippen LogP contribution in [0.2, 0.25) is 0 Å². The van der Waals surface area contributed by atoms with Crippen LogP contribution in [0.4, 0.5) is 0 Å². The fourth-order valence-electron chi connectivity index (χ4n) is 3.21. The molecule has 1 saturated heterocycles. The molecular weight excluding hydrogens is 418 g/mol. The number of nitrogens with one attached hydrogen (secondary N) is 2. The van der Waals surface area contributed by atoms with Crippen molar-refractivity contribution in [3.05, 3.63) is 65.7 Å². The molecule has 0 aliphatic carbocycles. The third-order valence-electron chi connectivity index (χ3n) is 4.98. The second-order valence-corrected chi connectivity index (χ2v) is 9.10. The van der Waals surface area contributed by atoms with E-state index in [1.807, 2.05) is 30.3 Å². The molecule has 2 aromatic carbocycles. The first kappa shape index (κ1) is 22.9. The van der Waals surface area contributed by atoms with Gasteiger partial charge in [-0.05, 0) is 36.1 Å². The molecule has 2 amide bonds. The summed E-state index contributed by atoms with van der Waals surface area (Å²) in [5, 5.41) is 5.19. The van der Waals surface area contributed by atoms with E-state index in [0.717, 1.165) is 11.1 Å². The predicted octanol–water partition coefficient (Wildman–Crippen LogP) is 0.725. The summed E-state index contributed by atoms with van der Waals surface area (Å²) in [4.78, 5) is 24.0. The van der Waals surface area contributed by atoms with E-state index in [-0.39, 0.29) is 11.4 Å². The van der Waals surface area contributed by atoms with Crippen LogP contribution in [-0.2, 0) is 37.2 Å². The van der Waals surface area contributed by atoms with Crippen LogP contribution in [0, 0.1) is 0 Å². The number of nitrogens with zero attached hydrogens (tertiary/aromatic N) is 1. The minimum absolute atomic E-state index is 0.236. The van der Waals surface area contributed by atoms with Gasteiger partial charge < -0.3 is 15.4 Å². The molecule has 31 heavy (non-hydrogen) atoms. The van der Waals surface area contributed by atoms with Crippen LogP contribution >= 0.6 is 0 Å². The van der Waals surface area contributed by atoms with Gasteiger partial charge in [-0.15, -0.1) is 0 Å². The largest absolute Gasteiger partial charge is 0.379 e. The molecule has 0 unspecified atom stereocenters. The number of amides is 2. The van der Waals surface area contributed by atoms with Crippen LogP contribution in [0.25, 0.3) is 0 Å². The number of morpholine rings is 1. The monoisotopic (exact) mass is 445 g/mol. The van der Waals surface area contributed by atoms with Crippen LogP contribution in [0.3, 0.4) is 0 Å². The summed E-state index contributed by atoms with van der Waals surface area (Å²) < 4.78 is 31.9. The Morgan fingerprint density at radius 1 is 0.806 bits per heavy atom. The molecule has 2 N–H and O–H groups in total. The highest BCUT2D eigenvalue weighted by Gasteiger charge is 2.26. The van der Waals surface area contributed by atoms with Gasteiger partial charge >= 0.3 is 11.8 Å². The first-order valence-electron chi connectivity index (χ1n) is 10.2. The van der Waals surface area contributed by atoms with E-state index in [2.05, 4.69) is 10.6 Å². The Kier molecular flexibility index (Phi) is 8.16. The molecule has 0 aromatic heterocycles. The van der Waals surface area contributed by atoms with Gasteiger partial charge in [-0.2, -0.15) is 4.31 Å². The van der Waals surface area contributed by atoms with Crippen LogP contribution in [0.1, 0.15) is 11.1 Å². The molecule has 1 aliphatic heterocycles. The third kappa shape index (κ3) is 6.61. The standard InChI is InChI=1S/C22H27N3O5S/c26-21(23-12-10-18-4-2-1-3-5-18)22(27)24-13-11-19-6-8-20(9-7-19)31(28,29)25-14-16-30-17-15-25/h1-9H,10-17H2,(H,23,26)(H,24,27). The second-order valence-electron chi connectivity index (χ2n) is 7.16.